The Hall–Kier alpha value is -0.930. The largest absolute Gasteiger partial charge is 0.319 e. The Morgan fingerprint density at radius 3 is 3.07 bits per heavy atom. The number of hydrogen-bond acceptors (Lipinski definition) is 3. The fourth-order valence-electron chi connectivity index (χ4n) is 1.60. The molecule has 0 aliphatic heterocycles. The van der Waals surface area contributed by atoms with E-state index in [1.165, 1.54) is 15.6 Å². The lowest BCUT2D eigenvalue weighted by atomic mass is 10.1. The molecule has 3 heteroatoms. The first kappa shape index (κ1) is 9.62. The van der Waals surface area contributed by atoms with Crippen LogP contribution in [0, 0.1) is 6.92 Å². The van der Waals surface area contributed by atoms with Gasteiger partial charge in [-0.3, -0.25) is 0 Å². The van der Waals surface area contributed by atoms with Crippen LogP contribution in [-0.4, -0.2) is 18.0 Å². The molecular formula is C11H14N2S. The fraction of sp³-hybridized carbons (Fsp3) is 0.364. The minimum Gasteiger partial charge on any atom is -0.319 e. The highest BCUT2D eigenvalue weighted by atomic mass is 32.1. The van der Waals surface area contributed by atoms with Crippen LogP contribution >= 0.6 is 11.5 Å². The van der Waals surface area contributed by atoms with Gasteiger partial charge in [0.15, 0.2) is 0 Å². The van der Waals surface area contributed by atoms with Crippen molar-refractivity contribution in [2.75, 3.05) is 13.6 Å². The Bertz CT molecular complexity index is 434. The molecule has 0 radical (unpaired) electrons. The summed E-state index contributed by atoms with van der Waals surface area (Å²) in [5.74, 6) is 0. The number of nitrogens with zero attached hydrogens (tertiary/aromatic N) is 1. The van der Waals surface area contributed by atoms with Crippen LogP contribution in [0.3, 0.4) is 0 Å². The quantitative estimate of drug-likeness (QED) is 0.834. The lowest BCUT2D eigenvalue weighted by molar-refractivity contribution is 0.795. The van der Waals surface area contributed by atoms with E-state index in [4.69, 9.17) is 0 Å². The van der Waals surface area contributed by atoms with Crippen LogP contribution in [0.1, 0.15) is 11.3 Å². The first-order valence-electron chi connectivity index (χ1n) is 4.81. The molecule has 14 heavy (non-hydrogen) atoms. The number of rotatable bonds is 3. The van der Waals surface area contributed by atoms with E-state index in [1.54, 1.807) is 11.5 Å². The number of likely N-dealkylation sites (N-methyl/N-ethyl adjacent to an activating group) is 1. The molecule has 74 valence electrons. The number of nitrogens with one attached hydrogen (secondary N) is 1. The summed E-state index contributed by atoms with van der Waals surface area (Å²) in [6.45, 7) is 3.09. The monoisotopic (exact) mass is 206 g/mol. The Balaban J connectivity index is 2.44. The first-order chi connectivity index (χ1) is 6.83. The average Bonchev–Trinajstić information content (AvgIpc) is 2.58. The highest BCUT2D eigenvalue weighted by molar-refractivity contribution is 7.13. The van der Waals surface area contributed by atoms with Gasteiger partial charge in [0.2, 0.25) is 0 Å². The molecule has 0 saturated heterocycles. The second-order valence-corrected chi connectivity index (χ2v) is 4.19. The summed E-state index contributed by atoms with van der Waals surface area (Å²) in [6, 6.07) is 6.46. The summed E-state index contributed by atoms with van der Waals surface area (Å²) in [7, 11) is 1.98. The van der Waals surface area contributed by atoms with Gasteiger partial charge in [0.1, 0.15) is 0 Å². The minimum atomic E-state index is 1.02. The highest BCUT2D eigenvalue weighted by Crippen LogP contribution is 2.25. The minimum absolute atomic E-state index is 1.02. The molecule has 0 unspecified atom stereocenters. The summed E-state index contributed by atoms with van der Waals surface area (Å²) >= 11 is 1.61. The van der Waals surface area contributed by atoms with Crippen LogP contribution in [0.2, 0.25) is 0 Å². The van der Waals surface area contributed by atoms with Gasteiger partial charge in [-0.25, -0.2) is 0 Å². The maximum Gasteiger partial charge on any atom is 0.0589 e. The Labute approximate surface area is 88.1 Å². The van der Waals surface area contributed by atoms with Crippen molar-refractivity contribution >= 4 is 21.6 Å². The first-order valence-corrected chi connectivity index (χ1v) is 5.58. The van der Waals surface area contributed by atoms with E-state index < -0.39 is 0 Å². The van der Waals surface area contributed by atoms with Crippen molar-refractivity contribution < 1.29 is 0 Å². The van der Waals surface area contributed by atoms with Gasteiger partial charge in [-0.15, -0.1) is 0 Å². The second kappa shape index (κ2) is 4.07. The van der Waals surface area contributed by atoms with E-state index in [9.17, 15) is 0 Å². The maximum atomic E-state index is 4.39. The molecular weight excluding hydrogens is 192 g/mol. The van der Waals surface area contributed by atoms with Gasteiger partial charge < -0.3 is 5.32 Å². The van der Waals surface area contributed by atoms with Crippen molar-refractivity contribution in [2.45, 2.75) is 13.3 Å². The van der Waals surface area contributed by atoms with Gasteiger partial charge in [-0.05, 0) is 44.0 Å². The van der Waals surface area contributed by atoms with E-state index in [0.717, 1.165) is 18.7 Å². The van der Waals surface area contributed by atoms with E-state index in [-0.39, 0.29) is 0 Å². The van der Waals surface area contributed by atoms with Crippen LogP contribution < -0.4 is 5.32 Å². The zero-order valence-corrected chi connectivity index (χ0v) is 9.32. The SMILES string of the molecule is CNCCc1cccc2c(C)nsc12. The maximum absolute atomic E-state index is 4.39. The van der Waals surface area contributed by atoms with Gasteiger partial charge >= 0.3 is 0 Å². The molecule has 1 N–H and O–H groups in total. The van der Waals surface area contributed by atoms with Crippen LogP contribution in [-0.2, 0) is 6.42 Å². The van der Waals surface area contributed by atoms with E-state index in [1.807, 2.05) is 7.05 Å². The molecule has 2 rings (SSSR count). The molecule has 0 bridgehead atoms. The van der Waals surface area contributed by atoms with Crippen LogP contribution in [0.25, 0.3) is 10.1 Å². The van der Waals surface area contributed by atoms with Gasteiger partial charge in [-0.1, -0.05) is 18.2 Å². The molecule has 1 aromatic heterocycles. The molecule has 0 fully saturated rings. The smallest absolute Gasteiger partial charge is 0.0589 e. The van der Waals surface area contributed by atoms with E-state index >= 15 is 0 Å². The zero-order chi connectivity index (χ0) is 9.97. The van der Waals surface area contributed by atoms with E-state index in [2.05, 4.69) is 34.8 Å². The Morgan fingerprint density at radius 2 is 2.29 bits per heavy atom. The third kappa shape index (κ3) is 1.65. The molecule has 0 aliphatic rings. The number of aromatic nitrogens is 1. The van der Waals surface area contributed by atoms with Gasteiger partial charge in [0, 0.05) is 5.39 Å². The van der Waals surface area contributed by atoms with Crippen molar-refractivity contribution in [3.63, 3.8) is 0 Å². The molecule has 2 aromatic rings. The number of aryl methyl sites for hydroxylation is 1. The predicted octanol–water partition coefficient (Wildman–Crippen LogP) is 2.37. The molecule has 0 saturated carbocycles. The van der Waals surface area contributed by atoms with Gasteiger partial charge in [0.25, 0.3) is 0 Å². The van der Waals surface area contributed by atoms with Gasteiger partial charge in [0.05, 0.1) is 10.4 Å². The second-order valence-electron chi connectivity index (χ2n) is 3.42. The topological polar surface area (TPSA) is 24.9 Å². The highest BCUT2D eigenvalue weighted by Gasteiger charge is 2.05. The zero-order valence-electron chi connectivity index (χ0n) is 8.50. The van der Waals surface area contributed by atoms with Crippen LogP contribution in [0.15, 0.2) is 18.2 Å². The van der Waals surface area contributed by atoms with E-state index in [0.29, 0.717) is 0 Å². The van der Waals surface area contributed by atoms with Crippen LogP contribution in [0.4, 0.5) is 0 Å². The third-order valence-corrected chi connectivity index (χ3v) is 3.43. The number of fused-ring (bicyclic) bond motifs is 1. The van der Waals surface area contributed by atoms with Gasteiger partial charge in [-0.2, -0.15) is 4.37 Å². The molecule has 0 spiro atoms. The summed E-state index contributed by atoms with van der Waals surface area (Å²) < 4.78 is 5.73. The molecule has 0 amide bonds. The summed E-state index contributed by atoms with van der Waals surface area (Å²) in [5.41, 5.74) is 2.55. The van der Waals surface area contributed by atoms with Crippen molar-refractivity contribution in [3.8, 4) is 0 Å². The summed E-state index contributed by atoms with van der Waals surface area (Å²) in [6.07, 6.45) is 1.08. The Morgan fingerprint density at radius 1 is 1.43 bits per heavy atom. The summed E-state index contributed by atoms with van der Waals surface area (Å²) in [4.78, 5) is 0. The number of hydrogen-bond donors (Lipinski definition) is 1. The normalized spacial score (nSPS) is 11.0. The lowest BCUT2D eigenvalue weighted by Gasteiger charge is -2.01. The standard InChI is InChI=1S/C11H14N2S/c1-8-10-5-3-4-9(6-7-12-2)11(10)14-13-8/h3-5,12H,6-7H2,1-2H3. The van der Waals surface area contributed by atoms with Crippen molar-refractivity contribution in [3.05, 3.63) is 29.5 Å². The molecule has 1 heterocycles. The summed E-state index contributed by atoms with van der Waals surface area (Å²) in [5, 5.41) is 4.48. The van der Waals surface area contributed by atoms with Crippen molar-refractivity contribution in [1.82, 2.24) is 9.69 Å². The predicted molar refractivity (Wildman–Crippen MR) is 62.0 cm³/mol. The van der Waals surface area contributed by atoms with Crippen molar-refractivity contribution in [1.29, 1.82) is 0 Å². The molecule has 0 atom stereocenters. The lowest BCUT2D eigenvalue weighted by Crippen LogP contribution is -2.10. The Kier molecular flexibility index (Phi) is 2.79. The molecule has 2 nitrogen and oxygen atoms in total. The number of benzene rings is 1. The third-order valence-electron chi connectivity index (χ3n) is 2.40. The van der Waals surface area contributed by atoms with Crippen molar-refractivity contribution in [2.24, 2.45) is 0 Å². The average molecular weight is 206 g/mol. The molecule has 0 aliphatic carbocycles. The molecule has 1 aromatic carbocycles. The van der Waals surface area contributed by atoms with Crippen LogP contribution in [0.5, 0.6) is 0 Å². The fourth-order valence-corrected chi connectivity index (χ4v) is 2.53.